The van der Waals surface area contributed by atoms with Gasteiger partial charge >= 0.3 is 0 Å². The molecule has 0 aliphatic rings. The van der Waals surface area contributed by atoms with Crippen molar-refractivity contribution < 1.29 is 0 Å². The number of hydrogen-bond acceptors (Lipinski definition) is 3. The zero-order valence-electron chi connectivity index (χ0n) is 7.68. The number of hydrogen-bond donors (Lipinski definition) is 1. The standard InChI is InChI=1S/C6H19N3Si/c1-8(2)6(5-7-10)9(3)4/h6-7H,5H2,1-4,10H3. The lowest BCUT2D eigenvalue weighted by atomic mass is 10.4. The van der Waals surface area contributed by atoms with Crippen LogP contribution >= 0.6 is 0 Å². The van der Waals surface area contributed by atoms with Crippen molar-refractivity contribution in [2.75, 3.05) is 34.7 Å². The van der Waals surface area contributed by atoms with E-state index in [1.165, 1.54) is 0 Å². The molecule has 0 rings (SSSR count). The molecule has 0 atom stereocenters. The second-order valence-electron chi connectivity index (χ2n) is 2.97. The lowest BCUT2D eigenvalue weighted by Crippen LogP contribution is -2.46. The summed E-state index contributed by atoms with van der Waals surface area (Å²) in [6.45, 7) is 1.06. The lowest BCUT2D eigenvalue weighted by molar-refractivity contribution is 0.133. The molecular weight excluding hydrogens is 142 g/mol. The Balaban J connectivity index is 3.73. The molecule has 0 aromatic heterocycles. The van der Waals surface area contributed by atoms with Crippen LogP contribution in [0.1, 0.15) is 0 Å². The quantitative estimate of drug-likeness (QED) is 0.392. The molecule has 0 fully saturated rings. The molecule has 62 valence electrons. The van der Waals surface area contributed by atoms with Gasteiger partial charge in [0.1, 0.15) is 0 Å². The summed E-state index contributed by atoms with van der Waals surface area (Å²) in [6, 6.07) is 0. The summed E-state index contributed by atoms with van der Waals surface area (Å²) < 4.78 is 0. The van der Waals surface area contributed by atoms with E-state index in [2.05, 4.69) is 43.0 Å². The maximum absolute atomic E-state index is 3.29. The Hall–Kier alpha value is 0.0969. The maximum atomic E-state index is 3.29. The normalized spacial score (nSPS) is 12.3. The first-order chi connectivity index (χ1) is 4.59. The Morgan fingerprint density at radius 2 is 1.60 bits per heavy atom. The van der Waals surface area contributed by atoms with Crippen LogP contribution in [0.2, 0.25) is 0 Å². The number of rotatable bonds is 4. The molecule has 0 amide bonds. The first-order valence-electron chi connectivity index (χ1n) is 3.57. The summed E-state index contributed by atoms with van der Waals surface area (Å²) >= 11 is 0. The third-order valence-electron chi connectivity index (χ3n) is 1.58. The summed E-state index contributed by atoms with van der Waals surface area (Å²) in [6.07, 6.45) is 0.525. The summed E-state index contributed by atoms with van der Waals surface area (Å²) in [4.78, 5) is 7.71. The van der Waals surface area contributed by atoms with Crippen LogP contribution in [0.4, 0.5) is 0 Å². The number of nitrogens with one attached hydrogen (secondary N) is 1. The van der Waals surface area contributed by atoms with Crippen LogP contribution in [0, 0.1) is 0 Å². The Morgan fingerprint density at radius 3 is 1.70 bits per heavy atom. The van der Waals surface area contributed by atoms with Crippen molar-refractivity contribution in [3.63, 3.8) is 0 Å². The molecule has 0 bridgehead atoms. The van der Waals surface area contributed by atoms with Gasteiger partial charge in [0, 0.05) is 6.54 Å². The van der Waals surface area contributed by atoms with Crippen molar-refractivity contribution in [2.45, 2.75) is 6.17 Å². The third kappa shape index (κ3) is 3.31. The van der Waals surface area contributed by atoms with Crippen molar-refractivity contribution in [1.82, 2.24) is 14.8 Å². The molecule has 10 heavy (non-hydrogen) atoms. The van der Waals surface area contributed by atoms with E-state index in [-0.39, 0.29) is 0 Å². The molecule has 0 saturated heterocycles. The van der Waals surface area contributed by atoms with Gasteiger partial charge in [-0.1, -0.05) is 0 Å². The van der Waals surface area contributed by atoms with Crippen molar-refractivity contribution in [2.24, 2.45) is 0 Å². The van der Waals surface area contributed by atoms with Gasteiger partial charge in [-0.15, -0.1) is 0 Å². The highest BCUT2D eigenvalue weighted by molar-refractivity contribution is 6.04. The summed E-state index contributed by atoms with van der Waals surface area (Å²) in [7, 11) is 9.48. The minimum Gasteiger partial charge on any atom is -0.343 e. The SMILES string of the molecule is CN(C)C(CN[SiH3])N(C)C. The molecular formula is C6H19N3Si. The van der Waals surface area contributed by atoms with Gasteiger partial charge in [0.05, 0.1) is 16.6 Å². The molecule has 0 aliphatic carbocycles. The molecule has 0 aromatic carbocycles. The highest BCUT2D eigenvalue weighted by Gasteiger charge is 2.10. The van der Waals surface area contributed by atoms with Crippen molar-refractivity contribution in [1.29, 1.82) is 0 Å². The van der Waals surface area contributed by atoms with Crippen LogP contribution in [0.3, 0.4) is 0 Å². The average molecular weight is 161 g/mol. The molecule has 0 heterocycles. The Bertz CT molecular complexity index is 77.1. The van der Waals surface area contributed by atoms with Crippen LogP contribution in [-0.2, 0) is 0 Å². The van der Waals surface area contributed by atoms with Crippen LogP contribution in [-0.4, -0.2) is 61.1 Å². The van der Waals surface area contributed by atoms with E-state index in [0.717, 1.165) is 16.9 Å². The van der Waals surface area contributed by atoms with E-state index in [1.807, 2.05) is 0 Å². The number of nitrogens with zero attached hydrogens (tertiary/aromatic N) is 2. The van der Waals surface area contributed by atoms with Gasteiger partial charge in [0.2, 0.25) is 0 Å². The molecule has 3 nitrogen and oxygen atoms in total. The van der Waals surface area contributed by atoms with E-state index in [4.69, 9.17) is 0 Å². The molecule has 0 aliphatic heterocycles. The maximum Gasteiger partial charge on any atom is 0.0750 e. The first-order valence-corrected chi connectivity index (χ1v) is 4.57. The zero-order valence-corrected chi connectivity index (χ0v) is 9.68. The fraction of sp³-hybridized carbons (Fsp3) is 1.00. The molecule has 0 aromatic rings. The van der Waals surface area contributed by atoms with Gasteiger partial charge in [-0.2, -0.15) is 0 Å². The van der Waals surface area contributed by atoms with E-state index in [1.54, 1.807) is 0 Å². The molecule has 4 heteroatoms. The van der Waals surface area contributed by atoms with Gasteiger partial charge in [0.15, 0.2) is 0 Å². The second-order valence-corrected chi connectivity index (χ2v) is 3.67. The average Bonchev–Trinajstić information content (AvgIpc) is 1.81. The summed E-state index contributed by atoms with van der Waals surface area (Å²) in [5.74, 6) is 0. The topological polar surface area (TPSA) is 18.5 Å². The molecule has 1 N–H and O–H groups in total. The third-order valence-corrected chi connectivity index (χ3v) is 1.99. The highest BCUT2D eigenvalue weighted by Crippen LogP contribution is 1.93. The summed E-state index contributed by atoms with van der Waals surface area (Å²) in [5.41, 5.74) is 0. The Labute approximate surface area is 66.9 Å². The highest BCUT2D eigenvalue weighted by atomic mass is 28.2. The van der Waals surface area contributed by atoms with Gasteiger partial charge < -0.3 is 4.98 Å². The van der Waals surface area contributed by atoms with E-state index < -0.39 is 0 Å². The van der Waals surface area contributed by atoms with E-state index in [0.29, 0.717) is 6.17 Å². The summed E-state index contributed by atoms with van der Waals surface area (Å²) in [5, 5.41) is 0. The minimum atomic E-state index is 0.525. The van der Waals surface area contributed by atoms with Gasteiger partial charge in [-0.3, -0.25) is 9.80 Å². The zero-order chi connectivity index (χ0) is 8.15. The molecule has 0 unspecified atom stereocenters. The predicted molar refractivity (Wildman–Crippen MR) is 49.1 cm³/mol. The van der Waals surface area contributed by atoms with Crippen molar-refractivity contribution in [3.05, 3.63) is 0 Å². The van der Waals surface area contributed by atoms with Gasteiger partial charge in [-0.05, 0) is 28.2 Å². The predicted octanol–water partition coefficient (Wildman–Crippen LogP) is -1.69. The van der Waals surface area contributed by atoms with Crippen LogP contribution < -0.4 is 4.98 Å². The van der Waals surface area contributed by atoms with Crippen LogP contribution in [0.25, 0.3) is 0 Å². The van der Waals surface area contributed by atoms with Crippen LogP contribution in [0.5, 0.6) is 0 Å². The van der Waals surface area contributed by atoms with Gasteiger partial charge in [0.25, 0.3) is 0 Å². The lowest BCUT2D eigenvalue weighted by Gasteiger charge is -2.30. The Morgan fingerprint density at radius 1 is 1.20 bits per heavy atom. The van der Waals surface area contributed by atoms with E-state index >= 15 is 0 Å². The van der Waals surface area contributed by atoms with Crippen molar-refractivity contribution in [3.8, 4) is 0 Å². The van der Waals surface area contributed by atoms with Gasteiger partial charge in [-0.25, -0.2) is 0 Å². The second kappa shape index (κ2) is 4.84. The first kappa shape index (κ1) is 10.1. The fourth-order valence-electron chi connectivity index (χ4n) is 1.01. The van der Waals surface area contributed by atoms with Crippen LogP contribution in [0.15, 0.2) is 0 Å². The minimum absolute atomic E-state index is 0.525. The number of likely N-dealkylation sites (N-methyl/N-ethyl adjacent to an activating group) is 2. The largest absolute Gasteiger partial charge is 0.343 e. The molecule has 0 saturated carbocycles. The Kier molecular flexibility index (Phi) is 4.89. The fourth-order valence-corrected chi connectivity index (χ4v) is 1.37. The molecule has 0 radical (unpaired) electrons. The smallest absolute Gasteiger partial charge is 0.0750 e. The monoisotopic (exact) mass is 161 g/mol. The van der Waals surface area contributed by atoms with E-state index in [9.17, 15) is 0 Å². The van der Waals surface area contributed by atoms with Crippen molar-refractivity contribution >= 4 is 10.4 Å². The molecule has 0 spiro atoms.